The number of hydrogen-bond donors (Lipinski definition) is 1. The molecule has 0 saturated carbocycles. The van der Waals surface area contributed by atoms with Crippen molar-refractivity contribution < 1.29 is 0 Å². The third-order valence-electron chi connectivity index (χ3n) is 3.42. The highest BCUT2D eigenvalue weighted by molar-refractivity contribution is 5.78. The zero-order chi connectivity index (χ0) is 13.8. The van der Waals surface area contributed by atoms with Crippen molar-refractivity contribution in [1.82, 2.24) is 14.8 Å². The van der Waals surface area contributed by atoms with Crippen LogP contribution >= 0.6 is 0 Å². The van der Waals surface area contributed by atoms with E-state index in [4.69, 9.17) is 0 Å². The summed E-state index contributed by atoms with van der Waals surface area (Å²) in [6.07, 6.45) is 7.35. The lowest BCUT2D eigenvalue weighted by Gasteiger charge is -2.17. The van der Waals surface area contributed by atoms with Crippen LogP contribution in [0.1, 0.15) is 53.0 Å². The van der Waals surface area contributed by atoms with E-state index in [1.54, 1.807) is 0 Å². The van der Waals surface area contributed by atoms with Crippen LogP contribution in [0.2, 0.25) is 0 Å². The van der Waals surface area contributed by atoms with Crippen LogP contribution in [0.25, 0.3) is 11.0 Å². The Kier molecular flexibility index (Phi) is 4.40. The Morgan fingerprint density at radius 2 is 2.05 bits per heavy atom. The first-order valence-electron chi connectivity index (χ1n) is 7.25. The minimum Gasteiger partial charge on any atom is -0.381 e. The van der Waals surface area contributed by atoms with Crippen molar-refractivity contribution in [2.24, 2.45) is 0 Å². The van der Waals surface area contributed by atoms with Crippen LogP contribution in [0.15, 0.2) is 18.5 Å². The molecule has 0 bridgehead atoms. The first-order valence-corrected chi connectivity index (χ1v) is 7.25. The van der Waals surface area contributed by atoms with Gasteiger partial charge in [0.1, 0.15) is 0 Å². The van der Waals surface area contributed by atoms with Gasteiger partial charge in [-0.25, -0.2) is 9.67 Å². The van der Waals surface area contributed by atoms with Crippen LogP contribution in [0.3, 0.4) is 0 Å². The summed E-state index contributed by atoms with van der Waals surface area (Å²) in [4.78, 5) is 4.55. The maximum atomic E-state index is 4.55. The van der Waals surface area contributed by atoms with Gasteiger partial charge in [-0.05, 0) is 32.8 Å². The van der Waals surface area contributed by atoms with Gasteiger partial charge in [-0.3, -0.25) is 0 Å². The highest BCUT2D eigenvalue weighted by Crippen LogP contribution is 2.20. The molecule has 0 radical (unpaired) electrons. The zero-order valence-corrected chi connectivity index (χ0v) is 12.3. The molecule has 104 valence electrons. The van der Waals surface area contributed by atoms with Crippen LogP contribution in [0, 0.1) is 0 Å². The molecule has 0 aromatic carbocycles. The normalized spacial score (nSPS) is 13.1. The molecule has 0 aliphatic rings. The summed E-state index contributed by atoms with van der Waals surface area (Å²) < 4.78 is 1.96. The largest absolute Gasteiger partial charge is 0.381 e. The summed E-state index contributed by atoms with van der Waals surface area (Å²) in [6.45, 7) is 8.68. The molecule has 1 atom stereocenters. The van der Waals surface area contributed by atoms with Gasteiger partial charge in [-0.1, -0.05) is 20.3 Å². The lowest BCUT2D eigenvalue weighted by molar-refractivity contribution is 0.546. The van der Waals surface area contributed by atoms with Crippen molar-refractivity contribution in [3.8, 4) is 0 Å². The molecule has 0 spiro atoms. The van der Waals surface area contributed by atoms with E-state index in [0.717, 1.165) is 23.1 Å². The Morgan fingerprint density at radius 1 is 1.26 bits per heavy atom. The first kappa shape index (κ1) is 13.8. The summed E-state index contributed by atoms with van der Waals surface area (Å²) in [7, 11) is 0. The number of pyridine rings is 1. The van der Waals surface area contributed by atoms with Crippen LogP contribution in [0.4, 0.5) is 5.69 Å². The average molecular weight is 260 g/mol. The number of nitrogens with zero attached hydrogens (tertiary/aromatic N) is 3. The Labute approximate surface area is 115 Å². The van der Waals surface area contributed by atoms with E-state index in [2.05, 4.69) is 49.2 Å². The Hall–Kier alpha value is -1.58. The Morgan fingerprint density at radius 3 is 2.68 bits per heavy atom. The quantitative estimate of drug-likeness (QED) is 0.853. The van der Waals surface area contributed by atoms with Crippen molar-refractivity contribution >= 4 is 16.7 Å². The van der Waals surface area contributed by atoms with E-state index >= 15 is 0 Å². The summed E-state index contributed by atoms with van der Waals surface area (Å²) in [6, 6.07) is 3.02. The lowest BCUT2D eigenvalue weighted by atomic mass is 10.1. The van der Waals surface area contributed by atoms with Gasteiger partial charge in [0.05, 0.1) is 18.1 Å². The number of anilines is 1. The van der Waals surface area contributed by atoms with E-state index in [1.807, 2.05) is 17.1 Å². The van der Waals surface area contributed by atoms with Crippen LogP contribution in [-0.2, 0) is 0 Å². The molecule has 4 heteroatoms. The molecule has 0 fully saturated rings. The molecule has 0 aliphatic carbocycles. The van der Waals surface area contributed by atoms with Gasteiger partial charge in [0.25, 0.3) is 0 Å². The van der Waals surface area contributed by atoms with Gasteiger partial charge >= 0.3 is 0 Å². The molecule has 4 nitrogen and oxygen atoms in total. The molecule has 19 heavy (non-hydrogen) atoms. The molecule has 1 N–H and O–H groups in total. The molecule has 2 aromatic rings. The van der Waals surface area contributed by atoms with E-state index in [9.17, 15) is 0 Å². The van der Waals surface area contributed by atoms with Crippen molar-refractivity contribution in [1.29, 1.82) is 0 Å². The van der Waals surface area contributed by atoms with Crippen molar-refractivity contribution in [3.05, 3.63) is 18.5 Å². The SMILES string of the molecule is CCCC(CC)Nc1cnc2c(cnn2C(C)C)c1. The van der Waals surface area contributed by atoms with Crippen LogP contribution < -0.4 is 5.32 Å². The summed E-state index contributed by atoms with van der Waals surface area (Å²) in [5.41, 5.74) is 2.06. The van der Waals surface area contributed by atoms with E-state index < -0.39 is 0 Å². The topological polar surface area (TPSA) is 42.7 Å². The number of nitrogens with one attached hydrogen (secondary N) is 1. The predicted molar refractivity (Wildman–Crippen MR) is 80.5 cm³/mol. The predicted octanol–water partition coefficient (Wildman–Crippen LogP) is 4.00. The minimum atomic E-state index is 0.340. The minimum absolute atomic E-state index is 0.340. The molecule has 0 aliphatic heterocycles. The maximum absolute atomic E-state index is 4.55. The molecular weight excluding hydrogens is 236 g/mol. The van der Waals surface area contributed by atoms with Gasteiger partial charge in [-0.2, -0.15) is 5.10 Å². The molecule has 2 rings (SSSR count). The number of aromatic nitrogens is 3. The third kappa shape index (κ3) is 3.06. The fraction of sp³-hybridized carbons (Fsp3) is 0.600. The summed E-state index contributed by atoms with van der Waals surface area (Å²) >= 11 is 0. The van der Waals surface area contributed by atoms with Crippen LogP contribution in [0.5, 0.6) is 0 Å². The average Bonchev–Trinajstić information content (AvgIpc) is 2.81. The van der Waals surface area contributed by atoms with Gasteiger partial charge in [-0.15, -0.1) is 0 Å². The fourth-order valence-electron chi connectivity index (χ4n) is 2.36. The lowest BCUT2D eigenvalue weighted by Crippen LogP contribution is -2.18. The maximum Gasteiger partial charge on any atom is 0.158 e. The van der Waals surface area contributed by atoms with E-state index in [0.29, 0.717) is 12.1 Å². The standard InChI is InChI=1S/C15H24N4/c1-5-7-13(6-2)18-14-8-12-9-17-19(11(3)4)15(12)16-10-14/h8-11,13,18H,5-7H2,1-4H3. The molecule has 2 aromatic heterocycles. The zero-order valence-electron chi connectivity index (χ0n) is 12.3. The van der Waals surface area contributed by atoms with Gasteiger partial charge in [0.15, 0.2) is 5.65 Å². The highest BCUT2D eigenvalue weighted by atomic mass is 15.3. The molecule has 1 unspecified atom stereocenters. The van der Waals surface area contributed by atoms with Crippen molar-refractivity contribution in [2.45, 2.75) is 59.0 Å². The second kappa shape index (κ2) is 6.04. The Balaban J connectivity index is 2.22. The molecule has 0 amide bonds. The van der Waals surface area contributed by atoms with Gasteiger partial charge in [0.2, 0.25) is 0 Å². The van der Waals surface area contributed by atoms with E-state index in [1.165, 1.54) is 12.8 Å². The second-order valence-electron chi connectivity index (χ2n) is 5.36. The third-order valence-corrected chi connectivity index (χ3v) is 3.42. The second-order valence-corrected chi connectivity index (χ2v) is 5.36. The first-order chi connectivity index (χ1) is 9.15. The van der Waals surface area contributed by atoms with E-state index in [-0.39, 0.29) is 0 Å². The van der Waals surface area contributed by atoms with Crippen LogP contribution in [-0.4, -0.2) is 20.8 Å². The monoisotopic (exact) mass is 260 g/mol. The summed E-state index contributed by atoms with van der Waals surface area (Å²) in [5, 5.41) is 9.06. The Bertz CT molecular complexity index is 530. The highest BCUT2D eigenvalue weighted by Gasteiger charge is 2.09. The van der Waals surface area contributed by atoms with Crippen molar-refractivity contribution in [2.75, 3.05) is 5.32 Å². The van der Waals surface area contributed by atoms with Gasteiger partial charge < -0.3 is 5.32 Å². The van der Waals surface area contributed by atoms with Gasteiger partial charge in [0, 0.05) is 17.5 Å². The summed E-state index contributed by atoms with van der Waals surface area (Å²) in [5.74, 6) is 0. The number of fused-ring (bicyclic) bond motifs is 1. The molecule has 0 saturated heterocycles. The van der Waals surface area contributed by atoms with Crippen molar-refractivity contribution in [3.63, 3.8) is 0 Å². The molecular formula is C15H24N4. The number of hydrogen-bond acceptors (Lipinski definition) is 3. The molecule has 2 heterocycles. The smallest absolute Gasteiger partial charge is 0.158 e. The number of rotatable bonds is 6. The fourth-order valence-corrected chi connectivity index (χ4v) is 2.36.